The van der Waals surface area contributed by atoms with Gasteiger partial charge < -0.3 is 5.11 Å². The van der Waals surface area contributed by atoms with E-state index in [0.29, 0.717) is 0 Å². The van der Waals surface area contributed by atoms with Gasteiger partial charge in [0.15, 0.2) is 0 Å². The van der Waals surface area contributed by atoms with Crippen LogP contribution in [0.5, 0.6) is 0 Å². The first-order chi connectivity index (χ1) is 7.08. The lowest BCUT2D eigenvalue weighted by molar-refractivity contribution is 0.350. The van der Waals surface area contributed by atoms with Crippen molar-refractivity contribution in [3.63, 3.8) is 0 Å². The molecule has 1 rings (SSSR count). The number of aliphatic hydroxyl groups is 1. The molecular weight excluding hydrogens is 184 g/mol. The summed E-state index contributed by atoms with van der Waals surface area (Å²) in [4.78, 5) is 0. The lowest BCUT2D eigenvalue weighted by atomic mass is 9.73. The fraction of sp³-hybridized carbons (Fsp3) is 0.571. The molecule has 0 aromatic heterocycles. The summed E-state index contributed by atoms with van der Waals surface area (Å²) in [7, 11) is 0. The molecule has 15 heavy (non-hydrogen) atoms. The lowest BCUT2D eigenvalue weighted by Crippen LogP contribution is -2.18. The van der Waals surface area contributed by atoms with Gasteiger partial charge in [0.1, 0.15) is 6.61 Å². The Labute approximate surface area is 92.9 Å². The molecule has 0 aromatic rings. The van der Waals surface area contributed by atoms with Crippen molar-refractivity contribution < 1.29 is 5.11 Å². The van der Waals surface area contributed by atoms with Crippen molar-refractivity contribution in [2.45, 2.75) is 40.0 Å². The third-order valence-corrected chi connectivity index (χ3v) is 3.06. The first-order valence-electron chi connectivity index (χ1n) is 5.54. The van der Waals surface area contributed by atoms with Crippen LogP contribution in [0.15, 0.2) is 23.3 Å². The largest absolute Gasteiger partial charge is 0.384 e. The van der Waals surface area contributed by atoms with Gasteiger partial charge in [-0.1, -0.05) is 37.3 Å². The van der Waals surface area contributed by atoms with Crippen LogP contribution in [0.1, 0.15) is 40.0 Å². The molecule has 0 unspecified atom stereocenters. The van der Waals surface area contributed by atoms with Gasteiger partial charge in [-0.05, 0) is 43.3 Å². The fourth-order valence-corrected chi connectivity index (χ4v) is 2.24. The molecule has 0 atom stereocenters. The van der Waals surface area contributed by atoms with Gasteiger partial charge in [-0.25, -0.2) is 0 Å². The summed E-state index contributed by atoms with van der Waals surface area (Å²) in [5, 5.41) is 8.54. The minimum absolute atomic E-state index is 0.0637. The zero-order valence-electron chi connectivity index (χ0n) is 9.93. The highest BCUT2D eigenvalue weighted by atomic mass is 16.2. The van der Waals surface area contributed by atoms with Gasteiger partial charge in [-0.15, -0.1) is 0 Å². The van der Waals surface area contributed by atoms with E-state index in [0.717, 1.165) is 0 Å². The molecule has 0 saturated heterocycles. The second-order valence-electron chi connectivity index (χ2n) is 4.74. The second-order valence-corrected chi connectivity index (χ2v) is 4.74. The molecule has 0 heterocycles. The van der Waals surface area contributed by atoms with Crippen molar-refractivity contribution in [2.24, 2.45) is 5.41 Å². The standard InChI is InChI=1S/C14H20O/c1-12-8-7-10-14(2,3)13(12)9-5-4-6-11-15/h5,9,15H,7-8,10-11H2,1-3H3. The number of allylic oxidation sites excluding steroid dienone is 4. The van der Waals surface area contributed by atoms with Gasteiger partial charge in [0.25, 0.3) is 0 Å². The van der Waals surface area contributed by atoms with Gasteiger partial charge in [0, 0.05) is 0 Å². The van der Waals surface area contributed by atoms with E-state index in [1.54, 1.807) is 0 Å². The van der Waals surface area contributed by atoms with Crippen LogP contribution in [0.2, 0.25) is 0 Å². The predicted octanol–water partition coefficient (Wildman–Crippen LogP) is 3.06. The molecule has 0 fully saturated rings. The molecule has 0 aliphatic heterocycles. The molecule has 82 valence electrons. The van der Waals surface area contributed by atoms with Gasteiger partial charge in [0.05, 0.1) is 0 Å². The first-order valence-corrected chi connectivity index (χ1v) is 5.54. The number of hydrogen-bond donors (Lipinski definition) is 1. The van der Waals surface area contributed by atoms with E-state index < -0.39 is 0 Å². The molecule has 1 aliphatic carbocycles. The van der Waals surface area contributed by atoms with E-state index in [4.69, 9.17) is 5.11 Å². The molecule has 0 amide bonds. The number of hydrogen-bond acceptors (Lipinski definition) is 1. The molecular formula is C14H20O. The summed E-state index contributed by atoms with van der Waals surface area (Å²) in [6.07, 6.45) is 7.70. The van der Waals surface area contributed by atoms with Crippen molar-refractivity contribution in [1.29, 1.82) is 0 Å². The Bertz CT molecular complexity index is 334. The van der Waals surface area contributed by atoms with Crippen molar-refractivity contribution in [1.82, 2.24) is 0 Å². The summed E-state index contributed by atoms with van der Waals surface area (Å²) in [5.74, 6) is 5.45. The normalized spacial score (nSPS) is 20.3. The Morgan fingerprint density at radius 2 is 2.20 bits per heavy atom. The Hall–Kier alpha value is -1.00. The van der Waals surface area contributed by atoms with E-state index in [9.17, 15) is 0 Å². The van der Waals surface area contributed by atoms with Crippen molar-refractivity contribution in [3.8, 4) is 11.8 Å². The lowest BCUT2D eigenvalue weighted by Gasteiger charge is -2.32. The van der Waals surface area contributed by atoms with Gasteiger partial charge in [0.2, 0.25) is 0 Å². The highest BCUT2D eigenvalue weighted by molar-refractivity contribution is 5.35. The maximum absolute atomic E-state index is 8.54. The van der Waals surface area contributed by atoms with Crippen LogP contribution in [0, 0.1) is 17.3 Å². The molecule has 1 aliphatic rings. The van der Waals surface area contributed by atoms with Crippen molar-refractivity contribution >= 4 is 0 Å². The van der Waals surface area contributed by atoms with Crippen LogP contribution in [0.4, 0.5) is 0 Å². The van der Waals surface area contributed by atoms with Crippen LogP contribution in [0.3, 0.4) is 0 Å². The molecule has 0 bridgehead atoms. The summed E-state index contributed by atoms with van der Waals surface area (Å²) in [6, 6.07) is 0. The van der Waals surface area contributed by atoms with E-state index >= 15 is 0 Å². The van der Waals surface area contributed by atoms with Crippen LogP contribution in [-0.4, -0.2) is 11.7 Å². The molecule has 0 aromatic carbocycles. The quantitative estimate of drug-likeness (QED) is 0.651. The minimum atomic E-state index is -0.0637. The summed E-state index contributed by atoms with van der Waals surface area (Å²) >= 11 is 0. The van der Waals surface area contributed by atoms with Crippen LogP contribution >= 0.6 is 0 Å². The van der Waals surface area contributed by atoms with Crippen molar-refractivity contribution in [2.75, 3.05) is 6.61 Å². The molecule has 0 saturated carbocycles. The third-order valence-electron chi connectivity index (χ3n) is 3.06. The van der Waals surface area contributed by atoms with Crippen LogP contribution in [-0.2, 0) is 0 Å². The van der Waals surface area contributed by atoms with Crippen LogP contribution in [0.25, 0.3) is 0 Å². The van der Waals surface area contributed by atoms with Gasteiger partial charge in [-0.2, -0.15) is 0 Å². The zero-order valence-corrected chi connectivity index (χ0v) is 9.93. The monoisotopic (exact) mass is 204 g/mol. The van der Waals surface area contributed by atoms with Crippen molar-refractivity contribution in [3.05, 3.63) is 23.3 Å². The summed E-state index contributed by atoms with van der Waals surface area (Å²) < 4.78 is 0. The van der Waals surface area contributed by atoms with Gasteiger partial charge in [-0.3, -0.25) is 0 Å². The van der Waals surface area contributed by atoms with E-state index in [-0.39, 0.29) is 12.0 Å². The Morgan fingerprint density at radius 1 is 1.47 bits per heavy atom. The smallest absolute Gasteiger partial charge is 0.104 e. The molecule has 0 radical (unpaired) electrons. The first kappa shape index (κ1) is 12.1. The topological polar surface area (TPSA) is 20.2 Å². The average molecular weight is 204 g/mol. The molecule has 0 spiro atoms. The second kappa shape index (κ2) is 5.19. The van der Waals surface area contributed by atoms with E-state index in [1.807, 2.05) is 6.08 Å². The van der Waals surface area contributed by atoms with Crippen LogP contribution < -0.4 is 0 Å². The Kier molecular flexibility index (Phi) is 4.17. The minimum Gasteiger partial charge on any atom is -0.384 e. The maximum atomic E-state index is 8.54. The maximum Gasteiger partial charge on any atom is 0.104 e. The van der Waals surface area contributed by atoms with Gasteiger partial charge >= 0.3 is 0 Å². The molecule has 1 N–H and O–H groups in total. The summed E-state index contributed by atoms with van der Waals surface area (Å²) in [6.45, 7) is 6.72. The molecule has 1 nitrogen and oxygen atoms in total. The summed E-state index contributed by atoms with van der Waals surface area (Å²) in [5.41, 5.74) is 3.17. The molecule has 1 heteroatoms. The third kappa shape index (κ3) is 3.25. The predicted molar refractivity (Wildman–Crippen MR) is 64.3 cm³/mol. The SMILES string of the molecule is CC1=C(C=CC#CCO)C(C)(C)CCC1. The van der Waals surface area contributed by atoms with E-state index in [1.165, 1.54) is 30.4 Å². The highest BCUT2D eigenvalue weighted by Gasteiger charge is 2.26. The highest BCUT2D eigenvalue weighted by Crippen LogP contribution is 2.40. The van der Waals surface area contributed by atoms with E-state index in [2.05, 4.69) is 38.7 Å². The average Bonchev–Trinajstić information content (AvgIpc) is 2.15. The Morgan fingerprint density at radius 3 is 2.80 bits per heavy atom. The zero-order chi connectivity index (χ0) is 11.3. The number of aliphatic hydroxyl groups excluding tert-OH is 1. The fourth-order valence-electron chi connectivity index (χ4n) is 2.24. The number of rotatable bonds is 1. The Balaban J connectivity index is 2.85.